The van der Waals surface area contributed by atoms with Crippen molar-refractivity contribution in [1.29, 1.82) is 0 Å². The van der Waals surface area contributed by atoms with E-state index < -0.39 is 0 Å². The van der Waals surface area contributed by atoms with Crippen LogP contribution in [0.25, 0.3) is 21.5 Å². The van der Waals surface area contributed by atoms with Gasteiger partial charge in [0.2, 0.25) is 0 Å². The highest BCUT2D eigenvalue weighted by Gasteiger charge is 2.16. The first-order valence-corrected chi connectivity index (χ1v) is 9.63. The molecule has 0 spiro atoms. The number of nitrogens with zero attached hydrogens (tertiary/aromatic N) is 1. The molecule has 1 atom stereocenters. The van der Waals surface area contributed by atoms with Crippen molar-refractivity contribution in [1.82, 2.24) is 15.3 Å². The van der Waals surface area contributed by atoms with E-state index in [1.165, 1.54) is 11.3 Å². The molecule has 4 N–H and O–H groups in total. The van der Waals surface area contributed by atoms with Gasteiger partial charge < -0.3 is 16.0 Å². The van der Waals surface area contributed by atoms with Gasteiger partial charge in [-0.3, -0.25) is 4.79 Å². The van der Waals surface area contributed by atoms with Gasteiger partial charge in [0.1, 0.15) is 5.65 Å². The SMILES string of the molecule is NC[C@H](Cc1ccccc1)NC(=O)c1ccc(-c2ccnc3[nH]ccc23)s1. The van der Waals surface area contributed by atoms with E-state index in [-0.39, 0.29) is 11.9 Å². The van der Waals surface area contributed by atoms with Gasteiger partial charge in [-0.1, -0.05) is 30.3 Å². The van der Waals surface area contributed by atoms with Crippen LogP contribution in [0.3, 0.4) is 0 Å². The molecule has 0 fully saturated rings. The van der Waals surface area contributed by atoms with E-state index in [0.717, 1.165) is 33.5 Å². The number of carbonyl (C=O) groups excluding carboxylic acids is 1. The van der Waals surface area contributed by atoms with Crippen molar-refractivity contribution in [2.45, 2.75) is 12.5 Å². The van der Waals surface area contributed by atoms with Crippen molar-refractivity contribution in [3.8, 4) is 10.4 Å². The van der Waals surface area contributed by atoms with E-state index >= 15 is 0 Å². The Bertz CT molecular complexity index is 1050. The van der Waals surface area contributed by atoms with Gasteiger partial charge in [0, 0.05) is 40.8 Å². The fraction of sp³-hybridized carbons (Fsp3) is 0.143. The van der Waals surface area contributed by atoms with Gasteiger partial charge in [-0.25, -0.2) is 4.98 Å². The first-order valence-electron chi connectivity index (χ1n) is 8.82. The predicted molar refractivity (Wildman–Crippen MR) is 110 cm³/mol. The maximum atomic E-state index is 12.7. The Hall–Kier alpha value is -2.96. The Labute approximate surface area is 161 Å². The van der Waals surface area contributed by atoms with E-state index in [2.05, 4.69) is 15.3 Å². The van der Waals surface area contributed by atoms with Crippen LogP contribution >= 0.6 is 11.3 Å². The summed E-state index contributed by atoms with van der Waals surface area (Å²) in [6, 6.07) is 17.8. The lowest BCUT2D eigenvalue weighted by atomic mass is 10.1. The molecular weight excluding hydrogens is 356 g/mol. The molecule has 3 heterocycles. The molecule has 6 heteroatoms. The van der Waals surface area contributed by atoms with Gasteiger partial charge in [-0.05, 0) is 36.2 Å². The highest BCUT2D eigenvalue weighted by molar-refractivity contribution is 7.17. The number of fused-ring (bicyclic) bond motifs is 1. The van der Waals surface area contributed by atoms with Gasteiger partial charge in [-0.15, -0.1) is 11.3 Å². The number of hydrogen-bond acceptors (Lipinski definition) is 4. The molecule has 0 aliphatic heterocycles. The summed E-state index contributed by atoms with van der Waals surface area (Å²) in [5, 5.41) is 4.11. The predicted octanol–water partition coefficient (Wildman–Crippen LogP) is 3.59. The maximum absolute atomic E-state index is 12.7. The molecule has 4 aromatic rings. The van der Waals surface area contributed by atoms with Gasteiger partial charge >= 0.3 is 0 Å². The minimum absolute atomic E-state index is 0.0861. The van der Waals surface area contributed by atoms with Crippen LogP contribution in [0.5, 0.6) is 0 Å². The fourth-order valence-corrected chi connectivity index (χ4v) is 4.08. The molecule has 1 amide bonds. The third-order valence-electron chi connectivity index (χ3n) is 4.50. The number of aromatic nitrogens is 2. The standard InChI is InChI=1S/C21H20N4OS/c22-13-15(12-14-4-2-1-3-5-14)25-21(26)19-7-6-18(27-19)16-8-10-23-20-17(16)9-11-24-20/h1-11,15H,12-13,22H2,(H,23,24)(H,25,26)/t15-/m0/s1. The zero-order valence-corrected chi connectivity index (χ0v) is 15.5. The smallest absolute Gasteiger partial charge is 0.261 e. The zero-order valence-electron chi connectivity index (χ0n) is 14.7. The van der Waals surface area contributed by atoms with Crippen LogP contribution in [0.15, 0.2) is 67.0 Å². The number of nitrogens with two attached hydrogens (primary N) is 1. The summed E-state index contributed by atoms with van der Waals surface area (Å²) in [5.74, 6) is -0.0861. The highest BCUT2D eigenvalue weighted by Crippen LogP contribution is 2.32. The molecule has 5 nitrogen and oxygen atoms in total. The second-order valence-electron chi connectivity index (χ2n) is 6.36. The highest BCUT2D eigenvalue weighted by atomic mass is 32.1. The molecule has 0 aliphatic rings. The summed E-state index contributed by atoms with van der Waals surface area (Å²) in [6.07, 6.45) is 4.37. The number of H-pyrrole nitrogens is 1. The largest absolute Gasteiger partial charge is 0.347 e. The van der Waals surface area contributed by atoms with Crippen LogP contribution in [0.4, 0.5) is 0 Å². The summed E-state index contributed by atoms with van der Waals surface area (Å²) in [7, 11) is 0. The van der Waals surface area contributed by atoms with Crippen LogP contribution in [-0.4, -0.2) is 28.5 Å². The molecule has 27 heavy (non-hydrogen) atoms. The average Bonchev–Trinajstić information content (AvgIpc) is 3.37. The molecule has 4 rings (SSSR count). The van der Waals surface area contributed by atoms with Crippen molar-refractivity contribution in [2.24, 2.45) is 5.73 Å². The number of aromatic amines is 1. The van der Waals surface area contributed by atoms with Crippen LogP contribution in [-0.2, 0) is 6.42 Å². The van der Waals surface area contributed by atoms with Crippen molar-refractivity contribution >= 4 is 28.3 Å². The van der Waals surface area contributed by atoms with E-state index in [1.807, 2.05) is 60.8 Å². The number of hydrogen-bond donors (Lipinski definition) is 3. The summed E-state index contributed by atoms with van der Waals surface area (Å²) < 4.78 is 0. The quantitative estimate of drug-likeness (QED) is 0.481. The lowest BCUT2D eigenvalue weighted by molar-refractivity contribution is 0.0942. The first kappa shape index (κ1) is 17.5. The Morgan fingerprint density at radius 2 is 2.00 bits per heavy atom. The molecule has 0 radical (unpaired) electrons. The van der Waals surface area contributed by atoms with Crippen molar-refractivity contribution in [3.63, 3.8) is 0 Å². The number of thiophene rings is 1. The minimum atomic E-state index is -0.0947. The lowest BCUT2D eigenvalue weighted by Gasteiger charge is -2.16. The third kappa shape index (κ3) is 3.77. The van der Waals surface area contributed by atoms with Crippen molar-refractivity contribution < 1.29 is 4.79 Å². The normalized spacial score (nSPS) is 12.2. The van der Waals surface area contributed by atoms with Gasteiger partial charge in [0.15, 0.2) is 0 Å². The third-order valence-corrected chi connectivity index (χ3v) is 5.62. The summed E-state index contributed by atoms with van der Waals surface area (Å²) in [4.78, 5) is 21.8. The fourth-order valence-electron chi connectivity index (χ4n) is 3.13. The Balaban J connectivity index is 1.51. The summed E-state index contributed by atoms with van der Waals surface area (Å²) in [5.41, 5.74) is 8.95. The lowest BCUT2D eigenvalue weighted by Crippen LogP contribution is -2.41. The molecule has 3 aromatic heterocycles. The molecule has 0 saturated heterocycles. The number of benzene rings is 1. The Morgan fingerprint density at radius 1 is 1.15 bits per heavy atom. The van der Waals surface area contributed by atoms with Gasteiger partial charge in [0.25, 0.3) is 5.91 Å². The maximum Gasteiger partial charge on any atom is 0.261 e. The van der Waals surface area contributed by atoms with Crippen LogP contribution < -0.4 is 11.1 Å². The van der Waals surface area contributed by atoms with Crippen LogP contribution in [0.1, 0.15) is 15.2 Å². The van der Waals surface area contributed by atoms with E-state index in [4.69, 9.17) is 5.73 Å². The second-order valence-corrected chi connectivity index (χ2v) is 7.44. The van der Waals surface area contributed by atoms with Crippen LogP contribution in [0.2, 0.25) is 0 Å². The van der Waals surface area contributed by atoms with Crippen molar-refractivity contribution in [3.05, 3.63) is 77.4 Å². The Kier molecular flexibility index (Phi) is 5.00. The van der Waals surface area contributed by atoms with Gasteiger partial charge in [0.05, 0.1) is 4.88 Å². The molecule has 0 unspecified atom stereocenters. The van der Waals surface area contributed by atoms with Crippen molar-refractivity contribution in [2.75, 3.05) is 6.54 Å². The number of amides is 1. The zero-order chi connectivity index (χ0) is 18.6. The Morgan fingerprint density at radius 3 is 2.81 bits per heavy atom. The number of pyridine rings is 1. The molecule has 1 aromatic carbocycles. The first-order chi connectivity index (χ1) is 13.2. The van der Waals surface area contributed by atoms with E-state index in [0.29, 0.717) is 11.4 Å². The van der Waals surface area contributed by atoms with E-state index in [9.17, 15) is 4.79 Å². The molecule has 136 valence electrons. The van der Waals surface area contributed by atoms with E-state index in [1.54, 1.807) is 6.20 Å². The monoisotopic (exact) mass is 376 g/mol. The van der Waals surface area contributed by atoms with Crippen LogP contribution in [0, 0.1) is 0 Å². The number of rotatable bonds is 6. The topological polar surface area (TPSA) is 83.8 Å². The molecule has 0 saturated carbocycles. The molecular formula is C21H20N4OS. The van der Waals surface area contributed by atoms with Gasteiger partial charge in [-0.2, -0.15) is 0 Å². The average molecular weight is 376 g/mol. The summed E-state index contributed by atoms with van der Waals surface area (Å²) in [6.45, 7) is 0.396. The number of carbonyl (C=O) groups is 1. The summed E-state index contributed by atoms with van der Waals surface area (Å²) >= 11 is 1.48. The second kappa shape index (κ2) is 7.73. The molecule has 0 aliphatic carbocycles. The number of nitrogens with one attached hydrogen (secondary N) is 2. The minimum Gasteiger partial charge on any atom is -0.347 e. The molecule has 0 bridgehead atoms.